The first-order chi connectivity index (χ1) is 11.7. The molecule has 0 aliphatic carbocycles. The minimum Gasteiger partial charge on any atom is -0.463 e. The maximum atomic E-state index is 11.9. The molecule has 0 aliphatic heterocycles. The van der Waals surface area contributed by atoms with Gasteiger partial charge in [0.2, 0.25) is 0 Å². The molecule has 13 heteroatoms. The summed E-state index contributed by atoms with van der Waals surface area (Å²) >= 11 is 0. The molecule has 0 heterocycles. The summed E-state index contributed by atoms with van der Waals surface area (Å²) in [5, 5.41) is 0. The highest BCUT2D eigenvalue weighted by Crippen LogP contribution is 2.24. The minimum absolute atomic E-state index is 0.0696. The summed E-state index contributed by atoms with van der Waals surface area (Å²) in [6.07, 6.45) is 0.303. The van der Waals surface area contributed by atoms with Crippen LogP contribution >= 0.6 is 0 Å². The van der Waals surface area contributed by atoms with Gasteiger partial charge in [-0.2, -0.15) is 21.6 Å². The van der Waals surface area contributed by atoms with E-state index < -0.39 is 29.2 Å². The molecule has 0 rings (SSSR count). The summed E-state index contributed by atoms with van der Waals surface area (Å²) in [6.45, 7) is 1.30. The summed E-state index contributed by atoms with van der Waals surface area (Å²) in [6, 6.07) is 0. The van der Waals surface area contributed by atoms with E-state index in [0.29, 0.717) is 6.42 Å². The lowest BCUT2D eigenvalue weighted by molar-refractivity contribution is -0.145. The lowest BCUT2D eigenvalue weighted by Gasteiger charge is -2.09. The topological polar surface area (TPSA) is 107 Å². The van der Waals surface area contributed by atoms with Crippen LogP contribution in [0.15, 0.2) is 0 Å². The maximum absolute atomic E-state index is 11.9. The minimum atomic E-state index is -5.67. The first-order valence-corrected chi connectivity index (χ1v) is 8.53. The number of halogens is 3. The van der Waals surface area contributed by atoms with Gasteiger partial charge in [-0.1, -0.05) is 6.92 Å². The van der Waals surface area contributed by atoms with E-state index >= 15 is 0 Å². The monoisotopic (exact) mass is 398 g/mol. The highest BCUT2D eigenvalue weighted by atomic mass is 32.2. The van der Waals surface area contributed by atoms with Gasteiger partial charge in [0, 0.05) is 6.42 Å². The first-order valence-electron chi connectivity index (χ1n) is 7.13. The predicted molar refractivity (Wildman–Crippen MR) is 75.7 cm³/mol. The Morgan fingerprint density at radius 3 is 1.88 bits per heavy atom. The van der Waals surface area contributed by atoms with E-state index in [1.165, 1.54) is 0 Å². The number of hydrogen-bond acceptors (Lipinski definition) is 9. The van der Waals surface area contributed by atoms with E-state index in [1.54, 1.807) is 6.92 Å². The Kier molecular flexibility index (Phi) is 12.7. The van der Waals surface area contributed by atoms with Gasteiger partial charge >= 0.3 is 21.6 Å². The lowest BCUT2D eigenvalue weighted by Crippen LogP contribution is -2.26. The quantitative estimate of drug-likeness (QED) is 0.130. The number of rotatable bonds is 15. The predicted octanol–water partition coefficient (Wildman–Crippen LogP) is 0.787. The Morgan fingerprint density at radius 2 is 1.36 bits per heavy atom. The summed E-state index contributed by atoms with van der Waals surface area (Å²) < 4.78 is 84.4. The van der Waals surface area contributed by atoms with Crippen LogP contribution in [0.2, 0.25) is 0 Å². The second-order valence-corrected chi connectivity index (χ2v) is 5.77. The normalized spacial score (nSPS) is 12.3. The fourth-order valence-corrected chi connectivity index (χ4v) is 1.40. The van der Waals surface area contributed by atoms with E-state index in [2.05, 4.69) is 8.92 Å². The number of carbonyl (C=O) groups is 1. The van der Waals surface area contributed by atoms with Crippen LogP contribution in [0.25, 0.3) is 0 Å². The zero-order chi connectivity index (χ0) is 19.2. The fourth-order valence-electron chi connectivity index (χ4n) is 1.07. The van der Waals surface area contributed by atoms with Crippen LogP contribution in [0.3, 0.4) is 0 Å². The molecule has 0 fully saturated rings. The summed E-state index contributed by atoms with van der Waals surface area (Å²) in [7, 11) is -5.67. The first kappa shape index (κ1) is 24.0. The maximum Gasteiger partial charge on any atom is 0.523 e. The van der Waals surface area contributed by atoms with Gasteiger partial charge in [-0.05, 0) is 0 Å². The van der Waals surface area contributed by atoms with Crippen molar-refractivity contribution in [1.82, 2.24) is 0 Å². The van der Waals surface area contributed by atoms with E-state index in [9.17, 15) is 26.4 Å². The average Bonchev–Trinajstić information content (AvgIpc) is 2.53. The summed E-state index contributed by atoms with van der Waals surface area (Å²) in [5.41, 5.74) is -5.50. The van der Waals surface area contributed by atoms with Gasteiger partial charge in [-0.15, -0.1) is 0 Å². The highest BCUT2D eigenvalue weighted by molar-refractivity contribution is 7.87. The number of alkyl halides is 3. The molecule has 0 unspecified atom stereocenters. The molecule has 0 atom stereocenters. The molecule has 0 saturated carbocycles. The molecule has 0 aliphatic rings. The van der Waals surface area contributed by atoms with Crippen LogP contribution in [0, 0.1) is 0 Å². The highest BCUT2D eigenvalue weighted by Gasteiger charge is 2.47. The zero-order valence-electron chi connectivity index (χ0n) is 13.6. The largest absolute Gasteiger partial charge is 0.523 e. The Labute approximate surface area is 143 Å². The zero-order valence-corrected chi connectivity index (χ0v) is 14.4. The van der Waals surface area contributed by atoms with Crippen LogP contribution in [0.1, 0.15) is 13.3 Å². The van der Waals surface area contributed by atoms with Crippen molar-refractivity contribution in [2.75, 3.05) is 53.2 Å². The van der Waals surface area contributed by atoms with Gasteiger partial charge in [-0.3, -0.25) is 4.79 Å². The van der Waals surface area contributed by atoms with Crippen molar-refractivity contribution in [3.05, 3.63) is 0 Å². The van der Waals surface area contributed by atoms with E-state index in [4.69, 9.17) is 18.9 Å². The van der Waals surface area contributed by atoms with Crippen molar-refractivity contribution in [3.63, 3.8) is 0 Å². The molecule has 0 bridgehead atoms. The molecule has 150 valence electrons. The van der Waals surface area contributed by atoms with Crippen LogP contribution < -0.4 is 0 Å². The molecular formula is C12H21F3O9S. The van der Waals surface area contributed by atoms with Gasteiger partial charge < -0.3 is 23.7 Å². The average molecular weight is 398 g/mol. The van der Waals surface area contributed by atoms with Crippen LogP contribution in [0.4, 0.5) is 13.2 Å². The van der Waals surface area contributed by atoms with Gasteiger partial charge in [0.25, 0.3) is 0 Å². The van der Waals surface area contributed by atoms with Gasteiger partial charge in [0.1, 0.15) is 13.4 Å². The third-order valence-corrected chi connectivity index (χ3v) is 3.23. The van der Waals surface area contributed by atoms with Crippen molar-refractivity contribution in [2.24, 2.45) is 0 Å². The van der Waals surface area contributed by atoms with Crippen molar-refractivity contribution in [1.29, 1.82) is 0 Å². The molecule has 0 saturated heterocycles. The molecule has 9 nitrogen and oxygen atoms in total. The molecular weight excluding hydrogens is 377 g/mol. The third-order valence-electron chi connectivity index (χ3n) is 2.26. The Morgan fingerprint density at radius 1 is 0.840 bits per heavy atom. The molecule has 0 radical (unpaired) electrons. The van der Waals surface area contributed by atoms with E-state index in [1.807, 2.05) is 0 Å². The van der Waals surface area contributed by atoms with Gasteiger partial charge in [0.05, 0.1) is 33.0 Å². The van der Waals surface area contributed by atoms with Crippen molar-refractivity contribution in [3.8, 4) is 0 Å². The van der Waals surface area contributed by atoms with Crippen molar-refractivity contribution >= 4 is 16.1 Å². The molecule has 0 aromatic carbocycles. The van der Waals surface area contributed by atoms with E-state index in [-0.39, 0.29) is 45.6 Å². The number of hydrogen-bond donors (Lipinski definition) is 0. The van der Waals surface area contributed by atoms with Crippen molar-refractivity contribution < 1.29 is 54.3 Å². The van der Waals surface area contributed by atoms with E-state index in [0.717, 1.165) is 0 Å². The Balaban J connectivity index is 3.31. The Hall–Kier alpha value is -0.990. The third kappa shape index (κ3) is 12.9. The van der Waals surface area contributed by atoms with Crippen molar-refractivity contribution in [2.45, 2.75) is 18.9 Å². The van der Waals surface area contributed by atoms with Crippen LogP contribution in [0.5, 0.6) is 0 Å². The number of ether oxygens (including phenoxy) is 5. The number of esters is 1. The number of carbonyl (C=O) groups excluding carboxylic acids is 1. The second kappa shape index (κ2) is 13.2. The van der Waals surface area contributed by atoms with Gasteiger partial charge in [-0.25, -0.2) is 4.18 Å². The molecule has 0 N–H and O–H groups in total. The standard InChI is InChI=1S/C12H21F3O9S/c1-2-11(16)23-8-7-20-4-3-19-5-6-21-9-22-10-24-25(17,18)12(13,14)15/h2-10H2,1H3. The molecule has 0 aromatic rings. The molecule has 0 aromatic heterocycles. The smallest absolute Gasteiger partial charge is 0.463 e. The van der Waals surface area contributed by atoms with Gasteiger partial charge in [0.15, 0.2) is 6.79 Å². The fraction of sp³-hybridized carbons (Fsp3) is 0.917. The molecule has 0 amide bonds. The second-order valence-electron chi connectivity index (χ2n) is 4.16. The van der Waals surface area contributed by atoms with Crippen LogP contribution in [-0.2, 0) is 42.8 Å². The lowest BCUT2D eigenvalue weighted by atomic mass is 10.5. The molecule has 0 spiro atoms. The van der Waals surface area contributed by atoms with Crippen LogP contribution in [-0.4, -0.2) is 73.1 Å². The SMILES string of the molecule is CCC(=O)OCCOCCOCCOCOCOS(=O)(=O)C(F)(F)F. The summed E-state index contributed by atoms with van der Waals surface area (Å²) in [5.74, 6) is -0.305. The Bertz CT molecular complexity index is 453. The molecule has 25 heavy (non-hydrogen) atoms. The summed E-state index contributed by atoms with van der Waals surface area (Å²) in [4.78, 5) is 10.8.